The third-order valence-electron chi connectivity index (χ3n) is 3.77. The summed E-state index contributed by atoms with van der Waals surface area (Å²) in [5.74, 6) is 1.58. The van der Waals surface area contributed by atoms with Crippen molar-refractivity contribution in [3.8, 4) is 17.4 Å². The number of fused-ring (bicyclic) bond motifs is 1. The molecule has 0 radical (unpaired) electrons. The molecule has 1 aliphatic heterocycles. The van der Waals surface area contributed by atoms with Crippen molar-refractivity contribution >= 4 is 24.0 Å². The van der Waals surface area contributed by atoms with Gasteiger partial charge in [0.15, 0.2) is 0 Å². The molecule has 0 unspecified atom stereocenters. The fraction of sp³-hybridized carbons (Fsp3) is 0.294. The molecule has 0 aliphatic carbocycles. The number of amides is 1. The number of anilines is 1. The Kier molecular flexibility index (Phi) is 6.06. The molecule has 3 rings (SSSR count). The number of methoxy groups -OCH3 is 1. The maximum Gasteiger partial charge on any atom is 0.247 e. The molecule has 1 aromatic heterocycles. The average molecular weight is 366 g/mol. The van der Waals surface area contributed by atoms with Gasteiger partial charge in [0.1, 0.15) is 30.8 Å². The average Bonchev–Trinajstić information content (AvgIpc) is 2.72. The van der Waals surface area contributed by atoms with Gasteiger partial charge in [-0.3, -0.25) is 4.79 Å². The van der Waals surface area contributed by atoms with Crippen LogP contribution in [-0.4, -0.2) is 37.7 Å². The molecule has 1 aromatic carbocycles. The van der Waals surface area contributed by atoms with Gasteiger partial charge in [-0.15, -0.1) is 12.4 Å². The summed E-state index contributed by atoms with van der Waals surface area (Å²) in [6.45, 7) is 0.517. The topological polar surface area (TPSA) is 86.9 Å². The van der Waals surface area contributed by atoms with E-state index in [9.17, 15) is 4.79 Å². The lowest BCUT2D eigenvalue weighted by atomic mass is 10.2. The molecule has 8 heteroatoms. The van der Waals surface area contributed by atoms with Gasteiger partial charge in [0.05, 0.1) is 12.8 Å². The van der Waals surface area contributed by atoms with Crippen LogP contribution in [0.15, 0.2) is 36.5 Å². The molecule has 0 saturated heterocycles. The lowest BCUT2D eigenvalue weighted by Gasteiger charge is -2.18. The number of carbonyl (C=O) groups excluding carboxylic acids is 1. The van der Waals surface area contributed by atoms with E-state index in [4.69, 9.17) is 19.9 Å². The van der Waals surface area contributed by atoms with E-state index in [1.54, 1.807) is 44.6 Å². The first kappa shape index (κ1) is 18.8. The van der Waals surface area contributed by atoms with E-state index < -0.39 is 6.04 Å². The molecule has 2 aromatic rings. The largest absolute Gasteiger partial charge is 0.489 e. The summed E-state index contributed by atoms with van der Waals surface area (Å²) in [6, 6.07) is 8.33. The highest BCUT2D eigenvalue weighted by Gasteiger charge is 2.26. The number of carbonyl (C=O) groups is 1. The van der Waals surface area contributed by atoms with E-state index in [0.29, 0.717) is 29.7 Å². The maximum absolute atomic E-state index is 12.1. The second-order valence-electron chi connectivity index (χ2n) is 5.44. The lowest BCUT2D eigenvalue weighted by Crippen LogP contribution is -2.43. The van der Waals surface area contributed by atoms with E-state index in [1.165, 1.54) is 4.90 Å². The lowest BCUT2D eigenvalue weighted by molar-refractivity contribution is -0.119. The van der Waals surface area contributed by atoms with Crippen LogP contribution in [0.1, 0.15) is 5.56 Å². The van der Waals surface area contributed by atoms with Gasteiger partial charge < -0.3 is 24.8 Å². The number of halogens is 1. The molecule has 7 nitrogen and oxygen atoms in total. The second kappa shape index (κ2) is 8.04. The van der Waals surface area contributed by atoms with Gasteiger partial charge in [0.2, 0.25) is 11.8 Å². The highest BCUT2D eigenvalue weighted by atomic mass is 35.5. The fourth-order valence-electron chi connectivity index (χ4n) is 2.41. The number of hydrogen-bond acceptors (Lipinski definition) is 6. The first-order valence-electron chi connectivity index (χ1n) is 7.50. The van der Waals surface area contributed by atoms with Crippen LogP contribution in [-0.2, 0) is 11.4 Å². The van der Waals surface area contributed by atoms with Gasteiger partial charge in [0, 0.05) is 25.4 Å². The zero-order chi connectivity index (χ0) is 17.1. The van der Waals surface area contributed by atoms with Crippen LogP contribution in [0.4, 0.5) is 5.69 Å². The normalized spacial score (nSPS) is 16.2. The maximum atomic E-state index is 12.1. The Labute approximate surface area is 152 Å². The summed E-state index contributed by atoms with van der Waals surface area (Å²) >= 11 is 0. The Morgan fingerprint density at radius 2 is 2.16 bits per heavy atom. The number of rotatable bonds is 4. The smallest absolute Gasteiger partial charge is 0.247 e. The minimum atomic E-state index is -0.670. The van der Waals surface area contributed by atoms with Crippen molar-refractivity contribution in [1.82, 2.24) is 4.98 Å². The third kappa shape index (κ3) is 4.12. The molecule has 1 amide bonds. The van der Waals surface area contributed by atoms with Crippen LogP contribution in [0.5, 0.6) is 17.4 Å². The molecule has 0 fully saturated rings. The predicted molar refractivity (Wildman–Crippen MR) is 95.7 cm³/mol. The van der Waals surface area contributed by atoms with E-state index in [1.807, 2.05) is 6.07 Å². The van der Waals surface area contributed by atoms with E-state index in [2.05, 4.69) is 4.98 Å². The Balaban J connectivity index is 0.00000225. The van der Waals surface area contributed by atoms with Crippen LogP contribution in [0.2, 0.25) is 0 Å². The molecular formula is C17H20ClN3O4. The van der Waals surface area contributed by atoms with Crippen LogP contribution >= 0.6 is 12.4 Å². The van der Waals surface area contributed by atoms with Gasteiger partial charge in [-0.1, -0.05) is 0 Å². The van der Waals surface area contributed by atoms with Crippen molar-refractivity contribution < 1.29 is 19.0 Å². The number of likely N-dealkylation sites (N-methyl/N-ethyl adjacent to an activating group) is 1. The quantitative estimate of drug-likeness (QED) is 0.888. The minimum Gasteiger partial charge on any atom is -0.489 e. The third-order valence-corrected chi connectivity index (χ3v) is 3.77. The number of benzene rings is 1. The Hall–Kier alpha value is -2.51. The second-order valence-corrected chi connectivity index (χ2v) is 5.44. The first-order chi connectivity index (χ1) is 11.6. The summed E-state index contributed by atoms with van der Waals surface area (Å²) in [7, 11) is 3.24. The van der Waals surface area contributed by atoms with E-state index in [-0.39, 0.29) is 24.9 Å². The zero-order valence-electron chi connectivity index (χ0n) is 14.0. The monoisotopic (exact) mass is 365 g/mol. The molecule has 2 heterocycles. The molecule has 0 bridgehead atoms. The standard InChI is InChI=1S/C17H19N3O4.ClH/c1-20-14-8-12(3-4-15(14)24-10-13(18)17(20)21)23-9-11-5-6-19-16(7-11)22-2;/h3-8,13H,9-10,18H2,1-2H3;1H/t13-;/m0./s1. The molecule has 25 heavy (non-hydrogen) atoms. The van der Waals surface area contributed by atoms with E-state index >= 15 is 0 Å². The summed E-state index contributed by atoms with van der Waals surface area (Å²) in [4.78, 5) is 17.7. The number of nitrogens with two attached hydrogens (primary N) is 1. The number of nitrogens with zero attached hydrogens (tertiary/aromatic N) is 2. The van der Waals surface area contributed by atoms with Gasteiger partial charge in [-0.25, -0.2) is 4.98 Å². The predicted octanol–water partition coefficient (Wildman–Crippen LogP) is 1.77. The van der Waals surface area contributed by atoms with Crippen molar-refractivity contribution in [3.05, 3.63) is 42.1 Å². The summed E-state index contributed by atoms with van der Waals surface area (Å²) in [6.07, 6.45) is 1.66. The molecular weight excluding hydrogens is 346 g/mol. The molecule has 0 spiro atoms. The number of hydrogen-bond donors (Lipinski definition) is 1. The Morgan fingerprint density at radius 3 is 2.92 bits per heavy atom. The summed E-state index contributed by atoms with van der Waals surface area (Å²) < 4.78 is 16.5. The van der Waals surface area contributed by atoms with Gasteiger partial charge in [0.25, 0.3) is 0 Å². The SMILES string of the molecule is COc1cc(COc2ccc3c(c2)N(C)C(=O)[C@@H](N)CO3)ccn1.Cl. The first-order valence-corrected chi connectivity index (χ1v) is 7.50. The van der Waals surface area contributed by atoms with Crippen molar-refractivity contribution in [3.63, 3.8) is 0 Å². The van der Waals surface area contributed by atoms with Crippen LogP contribution in [0, 0.1) is 0 Å². The molecule has 1 aliphatic rings. The molecule has 0 saturated carbocycles. The molecule has 1 atom stereocenters. The van der Waals surface area contributed by atoms with Crippen LogP contribution in [0.25, 0.3) is 0 Å². The van der Waals surface area contributed by atoms with Crippen LogP contribution < -0.4 is 24.8 Å². The molecule has 134 valence electrons. The van der Waals surface area contributed by atoms with Crippen molar-refractivity contribution in [2.24, 2.45) is 5.73 Å². The van der Waals surface area contributed by atoms with Crippen LogP contribution in [0.3, 0.4) is 0 Å². The molecule has 2 N–H and O–H groups in total. The Bertz CT molecular complexity index is 756. The van der Waals surface area contributed by atoms with Gasteiger partial charge in [-0.05, 0) is 23.8 Å². The fourth-order valence-corrected chi connectivity index (χ4v) is 2.41. The highest BCUT2D eigenvalue weighted by Crippen LogP contribution is 2.34. The van der Waals surface area contributed by atoms with Gasteiger partial charge >= 0.3 is 0 Å². The minimum absolute atomic E-state index is 0. The number of pyridine rings is 1. The zero-order valence-corrected chi connectivity index (χ0v) is 14.8. The number of aromatic nitrogens is 1. The van der Waals surface area contributed by atoms with Crippen molar-refractivity contribution in [1.29, 1.82) is 0 Å². The number of ether oxygens (including phenoxy) is 3. The summed E-state index contributed by atoms with van der Waals surface area (Å²) in [5.41, 5.74) is 7.35. The van der Waals surface area contributed by atoms with Crippen molar-refractivity contribution in [2.75, 3.05) is 25.7 Å². The summed E-state index contributed by atoms with van der Waals surface area (Å²) in [5, 5.41) is 0. The van der Waals surface area contributed by atoms with E-state index in [0.717, 1.165) is 5.56 Å². The van der Waals surface area contributed by atoms with Gasteiger partial charge in [-0.2, -0.15) is 0 Å². The van der Waals surface area contributed by atoms with Crippen molar-refractivity contribution in [2.45, 2.75) is 12.6 Å². The Morgan fingerprint density at radius 1 is 1.36 bits per heavy atom. The highest BCUT2D eigenvalue weighted by molar-refractivity contribution is 5.98.